The van der Waals surface area contributed by atoms with Crippen molar-refractivity contribution in [1.29, 1.82) is 0 Å². The van der Waals surface area contributed by atoms with E-state index in [2.05, 4.69) is 13.8 Å². The molecule has 3 heteroatoms. The number of rotatable bonds is 6. The van der Waals surface area contributed by atoms with Gasteiger partial charge in [-0.3, -0.25) is 0 Å². The van der Waals surface area contributed by atoms with E-state index in [4.69, 9.17) is 0 Å². The number of hydrogen-bond donors (Lipinski definition) is 2. The molecule has 0 radical (unpaired) electrons. The number of hydrogen-bond acceptors (Lipinski definition) is 2. The molecule has 0 unspecified atom stereocenters. The number of halogens is 1. The highest BCUT2D eigenvalue weighted by Gasteiger charge is 2.30. The average molecular weight is 254 g/mol. The number of aryl methyl sites for hydroxylation is 1. The van der Waals surface area contributed by atoms with E-state index in [1.807, 2.05) is 6.92 Å². The zero-order valence-corrected chi connectivity index (χ0v) is 11.4. The zero-order chi connectivity index (χ0) is 13.8. The maximum absolute atomic E-state index is 13.1. The molecule has 1 rings (SSSR count). The molecule has 102 valence electrons. The third-order valence-electron chi connectivity index (χ3n) is 3.38. The van der Waals surface area contributed by atoms with E-state index < -0.39 is 5.41 Å². The molecule has 0 aliphatic carbocycles. The lowest BCUT2D eigenvalue weighted by atomic mass is 9.76. The summed E-state index contributed by atoms with van der Waals surface area (Å²) in [4.78, 5) is 0. The van der Waals surface area contributed by atoms with E-state index in [9.17, 15) is 14.6 Å². The van der Waals surface area contributed by atoms with E-state index in [1.165, 1.54) is 12.1 Å². The van der Waals surface area contributed by atoms with Gasteiger partial charge < -0.3 is 10.2 Å². The van der Waals surface area contributed by atoms with Gasteiger partial charge in [0, 0.05) is 5.41 Å². The maximum Gasteiger partial charge on any atom is 0.123 e. The van der Waals surface area contributed by atoms with Crippen molar-refractivity contribution in [3.8, 4) is 0 Å². The Hall–Kier alpha value is -0.930. The van der Waals surface area contributed by atoms with Crippen LogP contribution in [-0.2, 0) is 6.42 Å². The van der Waals surface area contributed by atoms with Crippen LogP contribution in [0.5, 0.6) is 0 Å². The smallest absolute Gasteiger partial charge is 0.123 e. The molecule has 0 aromatic heterocycles. The van der Waals surface area contributed by atoms with Crippen LogP contribution in [0.25, 0.3) is 0 Å². The summed E-state index contributed by atoms with van der Waals surface area (Å²) in [7, 11) is 0. The van der Waals surface area contributed by atoms with Gasteiger partial charge in [-0.1, -0.05) is 19.9 Å². The van der Waals surface area contributed by atoms with Crippen molar-refractivity contribution in [3.05, 3.63) is 35.1 Å². The largest absolute Gasteiger partial charge is 0.396 e. The normalized spacial score (nSPS) is 12.2. The second-order valence-corrected chi connectivity index (χ2v) is 5.66. The van der Waals surface area contributed by atoms with Gasteiger partial charge in [0.2, 0.25) is 0 Å². The molecule has 2 nitrogen and oxygen atoms in total. The van der Waals surface area contributed by atoms with Crippen molar-refractivity contribution in [1.82, 2.24) is 0 Å². The number of benzene rings is 1. The van der Waals surface area contributed by atoms with E-state index in [-0.39, 0.29) is 19.0 Å². The van der Waals surface area contributed by atoms with E-state index >= 15 is 0 Å². The zero-order valence-electron chi connectivity index (χ0n) is 11.4. The van der Waals surface area contributed by atoms with Gasteiger partial charge in [-0.05, 0) is 48.9 Å². The molecule has 0 atom stereocenters. The lowest BCUT2D eigenvalue weighted by molar-refractivity contribution is 0.0368. The third kappa shape index (κ3) is 3.79. The number of aliphatic hydroxyl groups is 2. The Kier molecular flexibility index (Phi) is 5.29. The fourth-order valence-corrected chi connectivity index (χ4v) is 2.49. The van der Waals surface area contributed by atoms with Gasteiger partial charge in [0.05, 0.1) is 13.2 Å². The number of aliphatic hydroxyl groups excluding tert-OH is 2. The van der Waals surface area contributed by atoms with Gasteiger partial charge in [-0.2, -0.15) is 0 Å². The van der Waals surface area contributed by atoms with Crippen LogP contribution in [0.2, 0.25) is 0 Å². The van der Waals surface area contributed by atoms with Crippen LogP contribution >= 0.6 is 0 Å². The average Bonchev–Trinajstić information content (AvgIpc) is 2.31. The molecule has 1 aromatic carbocycles. The summed E-state index contributed by atoms with van der Waals surface area (Å²) in [6.45, 7) is 5.87. The van der Waals surface area contributed by atoms with Crippen LogP contribution in [0.3, 0.4) is 0 Å². The summed E-state index contributed by atoms with van der Waals surface area (Å²) >= 11 is 0. The first-order valence-electron chi connectivity index (χ1n) is 6.39. The summed E-state index contributed by atoms with van der Waals surface area (Å²) in [5.41, 5.74) is 1.33. The van der Waals surface area contributed by atoms with E-state index in [1.54, 1.807) is 6.07 Å². The Morgan fingerprint density at radius 3 is 2.28 bits per heavy atom. The summed E-state index contributed by atoms with van der Waals surface area (Å²) in [6, 6.07) is 4.66. The molecule has 0 fully saturated rings. The first-order valence-corrected chi connectivity index (χ1v) is 6.39. The molecule has 0 saturated heterocycles. The molecule has 0 aliphatic heterocycles. The molecule has 0 saturated carbocycles. The van der Waals surface area contributed by atoms with Gasteiger partial charge in [-0.25, -0.2) is 4.39 Å². The van der Waals surface area contributed by atoms with Crippen LogP contribution in [0.15, 0.2) is 18.2 Å². The van der Waals surface area contributed by atoms with Crippen molar-refractivity contribution in [2.24, 2.45) is 11.3 Å². The van der Waals surface area contributed by atoms with Crippen LogP contribution in [0, 0.1) is 24.1 Å². The first-order chi connectivity index (χ1) is 8.42. The van der Waals surface area contributed by atoms with Crippen LogP contribution in [-0.4, -0.2) is 23.4 Å². The molecule has 2 N–H and O–H groups in total. The molecular formula is C15H23FO2. The Morgan fingerprint density at radius 2 is 1.83 bits per heavy atom. The fourth-order valence-electron chi connectivity index (χ4n) is 2.49. The predicted octanol–water partition coefficient (Wildman–Crippen LogP) is 2.69. The minimum absolute atomic E-state index is 0.0570. The monoisotopic (exact) mass is 254 g/mol. The molecule has 18 heavy (non-hydrogen) atoms. The second kappa shape index (κ2) is 6.30. The summed E-state index contributed by atoms with van der Waals surface area (Å²) in [6.07, 6.45) is 1.32. The first kappa shape index (κ1) is 15.1. The Bertz CT molecular complexity index is 384. The Morgan fingerprint density at radius 1 is 1.22 bits per heavy atom. The highest BCUT2D eigenvalue weighted by atomic mass is 19.1. The van der Waals surface area contributed by atoms with Gasteiger partial charge in [0.15, 0.2) is 0 Å². The van der Waals surface area contributed by atoms with Crippen molar-refractivity contribution < 1.29 is 14.6 Å². The summed E-state index contributed by atoms with van der Waals surface area (Å²) < 4.78 is 13.1. The van der Waals surface area contributed by atoms with Gasteiger partial charge in [0.25, 0.3) is 0 Å². The molecular weight excluding hydrogens is 231 g/mol. The van der Waals surface area contributed by atoms with Crippen molar-refractivity contribution in [2.75, 3.05) is 13.2 Å². The van der Waals surface area contributed by atoms with Crippen LogP contribution < -0.4 is 0 Å². The molecule has 0 heterocycles. The highest BCUT2D eigenvalue weighted by molar-refractivity contribution is 5.27. The molecule has 1 aromatic rings. The van der Waals surface area contributed by atoms with Crippen molar-refractivity contribution >= 4 is 0 Å². The quantitative estimate of drug-likeness (QED) is 0.819. The lowest BCUT2D eigenvalue weighted by Crippen LogP contribution is -2.34. The summed E-state index contributed by atoms with van der Waals surface area (Å²) in [5, 5.41) is 19.2. The minimum atomic E-state index is -0.517. The second-order valence-electron chi connectivity index (χ2n) is 5.66. The summed E-state index contributed by atoms with van der Waals surface area (Å²) in [5.74, 6) is 0.142. The van der Waals surface area contributed by atoms with Gasteiger partial charge in [-0.15, -0.1) is 0 Å². The van der Waals surface area contributed by atoms with Crippen molar-refractivity contribution in [3.63, 3.8) is 0 Å². The molecule has 0 spiro atoms. The minimum Gasteiger partial charge on any atom is -0.396 e. The Labute approximate surface area is 108 Å². The van der Waals surface area contributed by atoms with Crippen LogP contribution in [0.4, 0.5) is 4.39 Å². The molecule has 0 amide bonds. The topological polar surface area (TPSA) is 40.5 Å². The van der Waals surface area contributed by atoms with Crippen LogP contribution in [0.1, 0.15) is 31.4 Å². The highest BCUT2D eigenvalue weighted by Crippen LogP contribution is 2.31. The van der Waals surface area contributed by atoms with Gasteiger partial charge in [0.1, 0.15) is 5.82 Å². The standard InChI is InChI=1S/C15H23FO2/c1-11(2)7-15(9-17,10-18)8-13-4-5-14(16)6-12(13)3/h4-6,11,17-18H,7-10H2,1-3H3. The molecule has 0 aliphatic rings. The maximum atomic E-state index is 13.1. The SMILES string of the molecule is Cc1cc(F)ccc1CC(CO)(CO)CC(C)C. The van der Waals surface area contributed by atoms with E-state index in [0.29, 0.717) is 12.3 Å². The van der Waals surface area contributed by atoms with Crippen molar-refractivity contribution in [2.45, 2.75) is 33.6 Å². The van der Waals surface area contributed by atoms with E-state index in [0.717, 1.165) is 17.5 Å². The Balaban J connectivity index is 2.95. The predicted molar refractivity (Wildman–Crippen MR) is 70.9 cm³/mol. The lowest BCUT2D eigenvalue weighted by Gasteiger charge is -2.32. The van der Waals surface area contributed by atoms with Gasteiger partial charge >= 0.3 is 0 Å². The third-order valence-corrected chi connectivity index (χ3v) is 3.38. The fraction of sp³-hybridized carbons (Fsp3) is 0.600. The molecule has 0 bridgehead atoms.